The number of thioether (sulfide) groups is 1. The molecule has 7 nitrogen and oxygen atoms in total. The molecular weight excluding hydrogens is 476 g/mol. The van der Waals surface area contributed by atoms with E-state index in [9.17, 15) is 0 Å². The van der Waals surface area contributed by atoms with Crippen LogP contribution in [0.5, 0.6) is 10.9 Å². The van der Waals surface area contributed by atoms with Crippen molar-refractivity contribution in [1.82, 2.24) is 24.2 Å². The average molecular weight is 505 g/mol. The lowest BCUT2D eigenvalue weighted by molar-refractivity contribution is 0.461. The number of nitrogens with one attached hydrogen (secondary N) is 1. The number of hydrogen-bond acceptors (Lipinski definition) is 8. The van der Waals surface area contributed by atoms with Gasteiger partial charge in [-0.1, -0.05) is 38.6 Å². The lowest BCUT2D eigenvalue weighted by atomic mass is 9.93. The number of rotatable bonds is 6. The number of hydrogen-bond donors (Lipinski definition) is 1. The Morgan fingerprint density at radius 1 is 1.12 bits per heavy atom. The molecule has 0 radical (unpaired) electrons. The lowest BCUT2D eigenvalue weighted by Crippen LogP contribution is -2.26. The first kappa shape index (κ1) is 25.4. The Labute approximate surface area is 209 Å². The van der Waals surface area contributed by atoms with E-state index in [1.807, 2.05) is 6.92 Å². The van der Waals surface area contributed by atoms with Crippen LogP contribution in [0.1, 0.15) is 43.2 Å². The lowest BCUT2D eigenvalue weighted by Gasteiger charge is -2.18. The standard InChI is InChI=1S/C23H28N6OS2.ClH/c1-14-11-18(15(2)10-16(14)6-7-29-8-9-31-21(29)24)30-22-27-20(28-32-22)17-12-26-19(13-25-17)23(3,4)5;/h10-13,24H,6-9H2,1-5H3;1H. The highest BCUT2D eigenvalue weighted by atomic mass is 35.5. The molecule has 0 spiro atoms. The van der Waals surface area contributed by atoms with Gasteiger partial charge in [0.05, 0.1) is 11.9 Å². The molecule has 3 aromatic rings. The van der Waals surface area contributed by atoms with Crippen LogP contribution in [0.2, 0.25) is 0 Å². The van der Waals surface area contributed by atoms with Crippen LogP contribution in [0.4, 0.5) is 0 Å². The molecule has 0 amide bonds. The fraction of sp³-hybridized carbons (Fsp3) is 0.435. The van der Waals surface area contributed by atoms with Gasteiger partial charge in [0, 0.05) is 42.0 Å². The normalized spacial score (nSPS) is 13.8. The van der Waals surface area contributed by atoms with Gasteiger partial charge in [0.1, 0.15) is 11.4 Å². The largest absolute Gasteiger partial charge is 0.430 e. The van der Waals surface area contributed by atoms with E-state index in [0.717, 1.165) is 42.3 Å². The molecule has 4 rings (SSSR count). The van der Waals surface area contributed by atoms with Gasteiger partial charge < -0.3 is 9.64 Å². The SMILES string of the molecule is Cc1cc(Oc2nc(-c3cnc(C(C)(C)C)cn3)ns2)c(C)cc1CCN1CCSC1=N.Cl. The van der Waals surface area contributed by atoms with Gasteiger partial charge in [-0.05, 0) is 43.0 Å². The van der Waals surface area contributed by atoms with Gasteiger partial charge in [0.2, 0.25) is 0 Å². The number of aryl methyl sites for hydroxylation is 2. The summed E-state index contributed by atoms with van der Waals surface area (Å²) in [4.78, 5) is 15.6. The molecule has 0 aliphatic carbocycles. The number of halogens is 1. The molecule has 1 fully saturated rings. The Morgan fingerprint density at radius 3 is 2.55 bits per heavy atom. The number of aromatic nitrogens is 4. The number of nitrogens with zero attached hydrogens (tertiary/aromatic N) is 5. The highest BCUT2D eigenvalue weighted by molar-refractivity contribution is 8.14. The summed E-state index contributed by atoms with van der Waals surface area (Å²) in [7, 11) is 0. The van der Waals surface area contributed by atoms with Crippen molar-refractivity contribution in [2.45, 2.75) is 46.5 Å². The highest BCUT2D eigenvalue weighted by Crippen LogP contribution is 2.31. The van der Waals surface area contributed by atoms with Crippen LogP contribution in [0, 0.1) is 19.3 Å². The van der Waals surface area contributed by atoms with E-state index >= 15 is 0 Å². The van der Waals surface area contributed by atoms with Crippen molar-refractivity contribution in [1.29, 1.82) is 5.41 Å². The first-order valence-corrected chi connectivity index (χ1v) is 12.4. The van der Waals surface area contributed by atoms with E-state index in [4.69, 9.17) is 10.1 Å². The summed E-state index contributed by atoms with van der Waals surface area (Å²) in [5.41, 5.74) is 5.04. The van der Waals surface area contributed by atoms with Crippen molar-refractivity contribution in [3.05, 3.63) is 46.9 Å². The molecule has 3 heterocycles. The minimum Gasteiger partial charge on any atom is -0.430 e. The maximum Gasteiger partial charge on any atom is 0.299 e. The summed E-state index contributed by atoms with van der Waals surface area (Å²) in [6, 6.07) is 4.24. The van der Waals surface area contributed by atoms with Crippen LogP contribution >= 0.6 is 35.7 Å². The Hall–Kier alpha value is -2.23. The third-order valence-corrected chi connectivity index (χ3v) is 6.94. The van der Waals surface area contributed by atoms with Crippen molar-refractivity contribution in [3.8, 4) is 22.5 Å². The van der Waals surface area contributed by atoms with Crippen molar-refractivity contribution in [2.24, 2.45) is 0 Å². The molecule has 1 aliphatic heterocycles. The Balaban J connectivity index is 0.00000306. The molecule has 1 N–H and O–H groups in total. The first-order chi connectivity index (χ1) is 15.2. The Bertz CT molecular complexity index is 1130. The predicted octanol–water partition coefficient (Wildman–Crippen LogP) is 5.65. The Morgan fingerprint density at radius 2 is 1.91 bits per heavy atom. The van der Waals surface area contributed by atoms with E-state index < -0.39 is 0 Å². The number of amidine groups is 1. The molecule has 0 bridgehead atoms. The summed E-state index contributed by atoms with van der Waals surface area (Å²) in [5, 5.41) is 9.15. The first-order valence-electron chi connectivity index (χ1n) is 10.6. The monoisotopic (exact) mass is 504 g/mol. The van der Waals surface area contributed by atoms with Gasteiger partial charge in [0.25, 0.3) is 5.19 Å². The predicted molar refractivity (Wildman–Crippen MR) is 138 cm³/mol. The van der Waals surface area contributed by atoms with Gasteiger partial charge in [-0.25, -0.2) is 4.98 Å². The summed E-state index contributed by atoms with van der Waals surface area (Å²) in [5.74, 6) is 2.32. The minimum absolute atomic E-state index is 0. The highest BCUT2D eigenvalue weighted by Gasteiger charge is 2.19. The molecule has 1 aliphatic rings. The third kappa shape index (κ3) is 6.02. The number of benzene rings is 1. The van der Waals surface area contributed by atoms with E-state index in [-0.39, 0.29) is 17.8 Å². The second kappa shape index (κ2) is 10.4. The molecular formula is C23H29ClN6OS2. The zero-order valence-electron chi connectivity index (χ0n) is 19.5. The van der Waals surface area contributed by atoms with Gasteiger partial charge in [-0.2, -0.15) is 9.36 Å². The molecule has 1 saturated heterocycles. The second-order valence-corrected chi connectivity index (χ2v) is 10.8. The van der Waals surface area contributed by atoms with Crippen LogP contribution in [-0.4, -0.2) is 48.2 Å². The van der Waals surface area contributed by atoms with Crippen LogP contribution in [0.15, 0.2) is 24.5 Å². The quantitative estimate of drug-likeness (QED) is 0.464. The summed E-state index contributed by atoms with van der Waals surface area (Å²) >= 11 is 2.83. The van der Waals surface area contributed by atoms with E-state index in [0.29, 0.717) is 21.9 Å². The van der Waals surface area contributed by atoms with E-state index in [1.165, 1.54) is 22.7 Å². The molecule has 10 heteroatoms. The van der Waals surface area contributed by atoms with Crippen molar-refractivity contribution in [2.75, 3.05) is 18.8 Å². The fourth-order valence-corrected chi connectivity index (χ4v) is 4.85. The average Bonchev–Trinajstić information content (AvgIpc) is 3.38. The molecule has 1 aromatic carbocycles. The van der Waals surface area contributed by atoms with Crippen LogP contribution in [0.25, 0.3) is 11.5 Å². The van der Waals surface area contributed by atoms with Crippen LogP contribution in [0.3, 0.4) is 0 Å². The third-order valence-electron chi connectivity index (χ3n) is 5.43. The van der Waals surface area contributed by atoms with Gasteiger partial charge in [0.15, 0.2) is 11.0 Å². The summed E-state index contributed by atoms with van der Waals surface area (Å²) in [6.07, 6.45) is 4.42. The zero-order chi connectivity index (χ0) is 22.9. The van der Waals surface area contributed by atoms with E-state index in [1.54, 1.807) is 24.2 Å². The van der Waals surface area contributed by atoms with Gasteiger partial charge in [-0.15, -0.1) is 12.4 Å². The van der Waals surface area contributed by atoms with Crippen LogP contribution in [-0.2, 0) is 11.8 Å². The Kier molecular flexibility index (Phi) is 7.97. The molecule has 0 saturated carbocycles. The summed E-state index contributed by atoms with van der Waals surface area (Å²) in [6.45, 7) is 12.3. The topological polar surface area (TPSA) is 87.9 Å². The van der Waals surface area contributed by atoms with Crippen molar-refractivity contribution in [3.63, 3.8) is 0 Å². The van der Waals surface area contributed by atoms with Crippen molar-refractivity contribution >= 4 is 40.9 Å². The summed E-state index contributed by atoms with van der Waals surface area (Å²) < 4.78 is 10.5. The van der Waals surface area contributed by atoms with E-state index in [2.05, 4.69) is 64.1 Å². The zero-order valence-corrected chi connectivity index (χ0v) is 22.0. The molecule has 0 atom stereocenters. The molecule has 33 heavy (non-hydrogen) atoms. The maximum atomic E-state index is 7.98. The van der Waals surface area contributed by atoms with Crippen LogP contribution < -0.4 is 4.74 Å². The van der Waals surface area contributed by atoms with Gasteiger partial charge >= 0.3 is 0 Å². The minimum atomic E-state index is -0.0496. The fourth-order valence-electron chi connectivity index (χ4n) is 3.42. The molecule has 2 aromatic heterocycles. The molecule has 176 valence electrons. The van der Waals surface area contributed by atoms with Gasteiger partial charge in [-0.3, -0.25) is 10.4 Å². The second-order valence-electron chi connectivity index (χ2n) is 8.96. The smallest absolute Gasteiger partial charge is 0.299 e. The van der Waals surface area contributed by atoms with Crippen molar-refractivity contribution < 1.29 is 4.74 Å². The maximum absolute atomic E-state index is 7.98. The number of ether oxygens (including phenoxy) is 1. The molecule has 0 unspecified atom stereocenters.